The van der Waals surface area contributed by atoms with Crippen molar-refractivity contribution in [3.05, 3.63) is 35.4 Å². The number of amides is 1. The number of carbonyl (C=O) groups is 1. The quantitative estimate of drug-likeness (QED) is 0.827. The van der Waals surface area contributed by atoms with Gasteiger partial charge in [0.15, 0.2) is 0 Å². The Hall–Kier alpha value is -1.53. The average Bonchev–Trinajstić information content (AvgIpc) is 2.96. The maximum Gasteiger partial charge on any atom is 0.249 e. The number of hydrogen-bond acceptors (Lipinski definition) is 3. The van der Waals surface area contributed by atoms with E-state index in [0.717, 1.165) is 39.1 Å². The molecule has 1 spiro atoms. The summed E-state index contributed by atoms with van der Waals surface area (Å²) in [5.41, 5.74) is 2.51. The van der Waals surface area contributed by atoms with Crippen LogP contribution in [0.1, 0.15) is 36.8 Å². The number of ether oxygens (including phenoxy) is 1. The van der Waals surface area contributed by atoms with Gasteiger partial charge in [0.05, 0.1) is 5.60 Å². The largest absolute Gasteiger partial charge is 0.372 e. The van der Waals surface area contributed by atoms with Crippen molar-refractivity contribution in [2.24, 2.45) is 11.8 Å². The highest BCUT2D eigenvalue weighted by Gasteiger charge is 2.52. The van der Waals surface area contributed by atoms with Crippen molar-refractivity contribution in [2.75, 3.05) is 26.2 Å². The van der Waals surface area contributed by atoms with Gasteiger partial charge in [0.25, 0.3) is 0 Å². The third-order valence-corrected chi connectivity index (χ3v) is 6.32. The topological polar surface area (TPSA) is 41.6 Å². The highest BCUT2D eigenvalue weighted by atomic mass is 19.3. The summed E-state index contributed by atoms with van der Waals surface area (Å²) < 4.78 is 31.9. The summed E-state index contributed by atoms with van der Waals surface area (Å²) in [6.07, 6.45) is 1.26. The first-order chi connectivity index (χ1) is 12.9. The van der Waals surface area contributed by atoms with Crippen LogP contribution < -0.4 is 5.32 Å². The van der Waals surface area contributed by atoms with Crippen molar-refractivity contribution in [1.82, 2.24) is 10.2 Å². The van der Waals surface area contributed by atoms with Crippen molar-refractivity contribution >= 4 is 5.91 Å². The molecule has 0 bridgehead atoms. The minimum Gasteiger partial charge on any atom is -0.372 e. The summed E-state index contributed by atoms with van der Waals surface area (Å²) >= 11 is 0. The second-order valence-electron chi connectivity index (χ2n) is 8.57. The number of rotatable bonds is 6. The summed E-state index contributed by atoms with van der Waals surface area (Å²) in [6.45, 7) is 6.21. The van der Waals surface area contributed by atoms with Crippen molar-refractivity contribution in [2.45, 2.75) is 50.7 Å². The molecule has 1 atom stereocenters. The van der Waals surface area contributed by atoms with Crippen LogP contribution in [0.5, 0.6) is 0 Å². The number of nitrogens with zero attached hydrogens (tertiary/aromatic N) is 1. The van der Waals surface area contributed by atoms with Crippen LogP contribution in [-0.2, 0) is 16.1 Å². The molecule has 0 radical (unpaired) electrons. The van der Waals surface area contributed by atoms with Gasteiger partial charge in [0.1, 0.15) is 0 Å². The van der Waals surface area contributed by atoms with Crippen LogP contribution in [0, 0.1) is 18.8 Å². The minimum absolute atomic E-state index is 0.0853. The molecule has 4 rings (SSSR count). The molecule has 6 heteroatoms. The number of aryl methyl sites for hydroxylation is 1. The fourth-order valence-electron chi connectivity index (χ4n) is 4.79. The lowest BCUT2D eigenvalue weighted by Crippen LogP contribution is -2.64. The summed E-state index contributed by atoms with van der Waals surface area (Å²) in [5.74, 6) is -2.95. The average molecular weight is 378 g/mol. The predicted octanol–water partition coefficient (Wildman–Crippen LogP) is 3.14. The van der Waals surface area contributed by atoms with Crippen LogP contribution >= 0.6 is 0 Å². The second kappa shape index (κ2) is 7.13. The smallest absolute Gasteiger partial charge is 0.249 e. The molecule has 3 aliphatic rings. The van der Waals surface area contributed by atoms with Crippen molar-refractivity contribution < 1.29 is 18.3 Å². The maximum absolute atomic E-state index is 12.9. The van der Waals surface area contributed by atoms with E-state index < -0.39 is 11.8 Å². The van der Waals surface area contributed by atoms with Crippen LogP contribution in [0.2, 0.25) is 0 Å². The number of halogens is 2. The SMILES string of the molecule is Cc1cccc(CN2CC3(C2)OCCC3CCNC(=O)C2CC(F)(F)C2)c1. The molecule has 1 aromatic rings. The van der Waals surface area contributed by atoms with Crippen LogP contribution in [0.3, 0.4) is 0 Å². The molecule has 3 fully saturated rings. The fourth-order valence-corrected chi connectivity index (χ4v) is 4.79. The molecular weight excluding hydrogens is 350 g/mol. The van der Waals surface area contributed by atoms with E-state index in [1.54, 1.807) is 0 Å². The van der Waals surface area contributed by atoms with Gasteiger partial charge in [-0.1, -0.05) is 29.8 Å². The number of carbonyl (C=O) groups excluding carboxylic acids is 1. The maximum atomic E-state index is 12.9. The third-order valence-electron chi connectivity index (χ3n) is 6.32. The minimum atomic E-state index is -2.64. The Kier molecular flexibility index (Phi) is 4.97. The monoisotopic (exact) mass is 378 g/mol. The van der Waals surface area contributed by atoms with Crippen molar-refractivity contribution in [3.8, 4) is 0 Å². The highest BCUT2D eigenvalue weighted by Crippen LogP contribution is 2.43. The van der Waals surface area contributed by atoms with Gasteiger partial charge in [0.2, 0.25) is 11.8 Å². The molecule has 1 aliphatic carbocycles. The molecule has 2 aliphatic heterocycles. The lowest BCUT2D eigenvalue weighted by atomic mass is 9.78. The molecule has 1 saturated carbocycles. The van der Waals surface area contributed by atoms with Gasteiger partial charge in [-0.15, -0.1) is 0 Å². The number of alkyl halides is 2. The molecule has 0 aromatic heterocycles. The highest BCUT2D eigenvalue weighted by molar-refractivity contribution is 5.79. The number of likely N-dealkylation sites (tertiary alicyclic amines) is 1. The third kappa shape index (κ3) is 4.02. The van der Waals surface area contributed by atoms with Gasteiger partial charge in [0, 0.05) is 51.5 Å². The van der Waals surface area contributed by atoms with E-state index in [-0.39, 0.29) is 24.3 Å². The van der Waals surface area contributed by atoms with Gasteiger partial charge in [-0.25, -0.2) is 8.78 Å². The van der Waals surface area contributed by atoms with Crippen LogP contribution in [-0.4, -0.2) is 48.6 Å². The van der Waals surface area contributed by atoms with E-state index in [4.69, 9.17) is 4.74 Å². The predicted molar refractivity (Wildman–Crippen MR) is 98.5 cm³/mol. The van der Waals surface area contributed by atoms with E-state index in [2.05, 4.69) is 41.4 Å². The fraction of sp³-hybridized carbons (Fsp3) is 0.667. The Balaban J connectivity index is 1.21. The zero-order valence-electron chi connectivity index (χ0n) is 15.8. The first-order valence-corrected chi connectivity index (χ1v) is 9.93. The van der Waals surface area contributed by atoms with E-state index in [9.17, 15) is 13.6 Å². The van der Waals surface area contributed by atoms with Crippen LogP contribution in [0.25, 0.3) is 0 Å². The summed E-state index contributed by atoms with van der Waals surface area (Å²) in [7, 11) is 0. The van der Waals surface area contributed by atoms with E-state index in [0.29, 0.717) is 12.5 Å². The molecule has 1 aromatic carbocycles. The molecular formula is C21H28F2N2O2. The Morgan fingerprint density at radius 3 is 2.81 bits per heavy atom. The number of nitrogens with one attached hydrogen (secondary N) is 1. The normalized spacial score (nSPS) is 26.6. The Morgan fingerprint density at radius 2 is 2.11 bits per heavy atom. The van der Waals surface area contributed by atoms with Crippen molar-refractivity contribution in [1.29, 1.82) is 0 Å². The zero-order chi connectivity index (χ0) is 19.1. The Labute approximate surface area is 159 Å². The van der Waals surface area contributed by atoms with E-state index in [1.807, 2.05) is 0 Å². The second-order valence-corrected chi connectivity index (χ2v) is 8.57. The van der Waals surface area contributed by atoms with Gasteiger partial charge in [-0.2, -0.15) is 0 Å². The number of hydrogen-bond donors (Lipinski definition) is 1. The van der Waals surface area contributed by atoms with E-state index in [1.165, 1.54) is 11.1 Å². The Morgan fingerprint density at radius 1 is 1.33 bits per heavy atom. The van der Waals surface area contributed by atoms with E-state index >= 15 is 0 Å². The summed E-state index contributed by atoms with van der Waals surface area (Å²) in [6, 6.07) is 8.58. The molecule has 2 saturated heterocycles. The van der Waals surface area contributed by atoms with Crippen molar-refractivity contribution in [3.63, 3.8) is 0 Å². The van der Waals surface area contributed by atoms with Gasteiger partial charge in [-0.3, -0.25) is 9.69 Å². The first kappa shape index (κ1) is 18.8. The molecule has 1 N–H and O–H groups in total. The summed E-state index contributed by atoms with van der Waals surface area (Å²) in [5, 5.41) is 2.85. The lowest BCUT2D eigenvalue weighted by Gasteiger charge is -2.50. The van der Waals surface area contributed by atoms with Crippen LogP contribution in [0.15, 0.2) is 24.3 Å². The molecule has 1 amide bonds. The molecule has 148 valence electrons. The molecule has 1 unspecified atom stereocenters. The number of benzene rings is 1. The van der Waals surface area contributed by atoms with Gasteiger partial charge < -0.3 is 10.1 Å². The lowest BCUT2D eigenvalue weighted by molar-refractivity contribution is -0.150. The zero-order valence-corrected chi connectivity index (χ0v) is 15.8. The first-order valence-electron chi connectivity index (χ1n) is 9.93. The van der Waals surface area contributed by atoms with Gasteiger partial charge in [-0.05, 0) is 31.2 Å². The van der Waals surface area contributed by atoms with Crippen LogP contribution in [0.4, 0.5) is 8.78 Å². The standard InChI is InChI=1S/C21H28F2N2O2/c1-15-3-2-4-16(9-15)12-25-13-20(14-25)18(6-8-27-20)5-7-24-19(26)17-10-21(22,23)11-17/h2-4,9,17-18H,5-8,10-14H2,1H3,(H,24,26). The summed E-state index contributed by atoms with van der Waals surface area (Å²) in [4.78, 5) is 14.3. The molecule has 4 nitrogen and oxygen atoms in total. The van der Waals surface area contributed by atoms with Gasteiger partial charge >= 0.3 is 0 Å². The molecule has 2 heterocycles. The Bertz CT molecular complexity index is 695. The molecule has 27 heavy (non-hydrogen) atoms.